The summed E-state index contributed by atoms with van der Waals surface area (Å²) in [5.41, 5.74) is 1.56. The van der Waals surface area contributed by atoms with Gasteiger partial charge in [0.2, 0.25) is 5.91 Å². The van der Waals surface area contributed by atoms with Crippen LogP contribution in [0.4, 0.5) is 13.2 Å². The van der Waals surface area contributed by atoms with Crippen LogP contribution in [0.3, 0.4) is 0 Å². The van der Waals surface area contributed by atoms with E-state index in [9.17, 15) is 18.0 Å². The lowest BCUT2D eigenvalue weighted by molar-refractivity contribution is -0.137. The lowest BCUT2D eigenvalue weighted by Crippen LogP contribution is -2.27. The molecule has 7 heteroatoms. The van der Waals surface area contributed by atoms with Crippen LogP contribution in [0.5, 0.6) is 0 Å². The van der Waals surface area contributed by atoms with Gasteiger partial charge in [-0.3, -0.25) is 4.79 Å². The van der Waals surface area contributed by atoms with Crippen LogP contribution in [0, 0.1) is 6.92 Å². The van der Waals surface area contributed by atoms with Crippen molar-refractivity contribution in [2.24, 2.45) is 0 Å². The molecule has 0 unspecified atom stereocenters. The molecule has 0 atom stereocenters. The summed E-state index contributed by atoms with van der Waals surface area (Å²) in [6.45, 7) is 2.54. The monoisotopic (exact) mass is 354 g/mol. The maximum absolute atomic E-state index is 12.4. The fourth-order valence-corrected chi connectivity index (χ4v) is 2.72. The number of pyridine rings is 1. The Bertz CT molecular complexity index is 687. The van der Waals surface area contributed by atoms with E-state index in [1.165, 1.54) is 17.2 Å². The topological polar surface area (TPSA) is 42.0 Å². The van der Waals surface area contributed by atoms with Crippen LogP contribution in [0.2, 0.25) is 0 Å². The van der Waals surface area contributed by atoms with E-state index in [4.69, 9.17) is 0 Å². The second kappa shape index (κ2) is 8.19. The molecular weight excluding hydrogens is 337 g/mol. The summed E-state index contributed by atoms with van der Waals surface area (Å²) >= 11 is 1.11. The molecule has 0 bridgehead atoms. The van der Waals surface area contributed by atoms with Gasteiger partial charge in [0.15, 0.2) is 0 Å². The summed E-state index contributed by atoms with van der Waals surface area (Å²) in [5, 5.41) is 3.18. The van der Waals surface area contributed by atoms with Gasteiger partial charge in [-0.15, -0.1) is 0 Å². The number of benzene rings is 1. The molecule has 0 aliphatic rings. The average Bonchev–Trinajstić information content (AvgIpc) is 2.54. The van der Waals surface area contributed by atoms with E-state index in [0.717, 1.165) is 30.4 Å². The van der Waals surface area contributed by atoms with Crippen molar-refractivity contribution < 1.29 is 18.0 Å². The van der Waals surface area contributed by atoms with Crippen LogP contribution in [-0.4, -0.2) is 23.2 Å². The minimum absolute atomic E-state index is 0.117. The lowest BCUT2D eigenvalue weighted by Gasteiger charge is -2.08. The molecule has 0 spiro atoms. The standard InChI is InChI=1S/C17H17F3N2OS/c1-12-4-2-3-5-13(12)8-9-21-15(23)11-24-16-7-6-14(10-22-16)17(18,19)20/h2-7,10H,8-9,11H2,1H3,(H,21,23). The lowest BCUT2D eigenvalue weighted by atomic mass is 10.1. The van der Waals surface area contributed by atoms with Crippen LogP contribution >= 0.6 is 11.8 Å². The van der Waals surface area contributed by atoms with Crippen molar-refractivity contribution in [3.63, 3.8) is 0 Å². The summed E-state index contributed by atoms with van der Waals surface area (Å²) < 4.78 is 37.3. The number of aromatic nitrogens is 1. The first-order valence-corrected chi connectivity index (χ1v) is 8.32. The van der Waals surface area contributed by atoms with Crippen LogP contribution in [0.15, 0.2) is 47.6 Å². The number of hydrogen-bond donors (Lipinski definition) is 1. The fraction of sp³-hybridized carbons (Fsp3) is 0.294. The summed E-state index contributed by atoms with van der Waals surface area (Å²) in [6.07, 6.45) is -2.89. The van der Waals surface area contributed by atoms with E-state index >= 15 is 0 Å². The molecule has 2 aromatic rings. The molecule has 1 amide bonds. The number of hydrogen-bond acceptors (Lipinski definition) is 3. The summed E-state index contributed by atoms with van der Waals surface area (Å²) in [6, 6.07) is 10.2. The second-order valence-corrected chi connectivity index (χ2v) is 6.19. The zero-order chi connectivity index (χ0) is 17.6. The van der Waals surface area contributed by atoms with Gasteiger partial charge in [0, 0.05) is 12.7 Å². The van der Waals surface area contributed by atoms with E-state index in [1.54, 1.807) is 0 Å². The third-order valence-electron chi connectivity index (χ3n) is 3.39. The highest BCUT2D eigenvalue weighted by molar-refractivity contribution is 7.99. The molecule has 128 valence electrons. The Balaban J connectivity index is 1.74. The predicted octanol–water partition coefficient (Wildman–Crippen LogP) is 3.86. The van der Waals surface area contributed by atoms with E-state index in [-0.39, 0.29) is 11.7 Å². The normalized spacial score (nSPS) is 11.3. The van der Waals surface area contributed by atoms with Gasteiger partial charge in [-0.1, -0.05) is 36.0 Å². The van der Waals surface area contributed by atoms with E-state index < -0.39 is 11.7 Å². The first-order chi connectivity index (χ1) is 11.4. The number of carbonyl (C=O) groups is 1. The van der Waals surface area contributed by atoms with E-state index in [2.05, 4.69) is 10.3 Å². The van der Waals surface area contributed by atoms with Gasteiger partial charge < -0.3 is 5.32 Å². The molecule has 0 aliphatic carbocycles. The van der Waals surface area contributed by atoms with Gasteiger partial charge in [0.25, 0.3) is 0 Å². The number of carbonyl (C=O) groups excluding carboxylic acids is 1. The Morgan fingerprint density at radius 1 is 1.21 bits per heavy atom. The molecule has 1 aromatic carbocycles. The van der Waals surface area contributed by atoms with Crippen molar-refractivity contribution in [1.29, 1.82) is 0 Å². The number of nitrogens with zero attached hydrogens (tertiary/aromatic N) is 1. The number of nitrogens with one attached hydrogen (secondary N) is 1. The molecular formula is C17H17F3N2OS. The number of alkyl halides is 3. The number of aryl methyl sites for hydroxylation is 1. The highest BCUT2D eigenvalue weighted by Crippen LogP contribution is 2.29. The van der Waals surface area contributed by atoms with Crippen molar-refractivity contribution in [1.82, 2.24) is 10.3 Å². The average molecular weight is 354 g/mol. The molecule has 0 radical (unpaired) electrons. The SMILES string of the molecule is Cc1ccccc1CCNC(=O)CSc1ccc(C(F)(F)F)cn1. The minimum Gasteiger partial charge on any atom is -0.355 e. The van der Waals surface area contributed by atoms with Crippen LogP contribution in [-0.2, 0) is 17.4 Å². The minimum atomic E-state index is -4.40. The zero-order valence-electron chi connectivity index (χ0n) is 13.1. The summed E-state index contributed by atoms with van der Waals surface area (Å²) in [7, 11) is 0. The molecule has 3 nitrogen and oxygen atoms in total. The number of halogens is 3. The van der Waals surface area contributed by atoms with E-state index in [0.29, 0.717) is 11.6 Å². The van der Waals surface area contributed by atoms with Crippen LogP contribution in [0.1, 0.15) is 16.7 Å². The van der Waals surface area contributed by atoms with E-state index in [1.807, 2.05) is 31.2 Å². The van der Waals surface area contributed by atoms with Crippen molar-refractivity contribution >= 4 is 17.7 Å². The molecule has 1 heterocycles. The Kier molecular flexibility index (Phi) is 6.25. The Morgan fingerprint density at radius 3 is 2.58 bits per heavy atom. The summed E-state index contributed by atoms with van der Waals surface area (Å²) in [5.74, 6) is -0.0538. The van der Waals surface area contributed by atoms with Crippen molar-refractivity contribution in [3.8, 4) is 0 Å². The molecule has 0 aliphatic heterocycles. The number of amides is 1. The molecule has 0 saturated heterocycles. The highest BCUT2D eigenvalue weighted by atomic mass is 32.2. The third-order valence-corrected chi connectivity index (χ3v) is 4.34. The Hall–Kier alpha value is -2.02. The molecule has 1 aromatic heterocycles. The third kappa shape index (κ3) is 5.56. The van der Waals surface area contributed by atoms with Gasteiger partial charge in [-0.2, -0.15) is 13.2 Å². The second-order valence-electron chi connectivity index (χ2n) is 5.20. The van der Waals surface area contributed by atoms with Gasteiger partial charge in [-0.05, 0) is 36.6 Å². The molecule has 0 saturated carbocycles. The van der Waals surface area contributed by atoms with Gasteiger partial charge in [-0.25, -0.2) is 4.98 Å². The Labute approximate surface area is 142 Å². The van der Waals surface area contributed by atoms with Crippen LogP contribution < -0.4 is 5.32 Å². The quantitative estimate of drug-likeness (QED) is 0.801. The predicted molar refractivity (Wildman–Crippen MR) is 87.9 cm³/mol. The summed E-state index contributed by atoms with van der Waals surface area (Å²) in [4.78, 5) is 15.5. The molecule has 2 rings (SSSR count). The number of rotatable bonds is 6. The largest absolute Gasteiger partial charge is 0.417 e. The fourth-order valence-electron chi connectivity index (χ4n) is 2.05. The van der Waals surface area contributed by atoms with Crippen molar-refractivity contribution in [2.75, 3.05) is 12.3 Å². The molecule has 24 heavy (non-hydrogen) atoms. The first kappa shape index (κ1) is 18.3. The molecule has 1 N–H and O–H groups in total. The van der Waals surface area contributed by atoms with Gasteiger partial charge in [0.05, 0.1) is 16.3 Å². The maximum atomic E-state index is 12.4. The van der Waals surface area contributed by atoms with Gasteiger partial charge in [0.1, 0.15) is 0 Å². The van der Waals surface area contributed by atoms with Crippen LogP contribution in [0.25, 0.3) is 0 Å². The highest BCUT2D eigenvalue weighted by Gasteiger charge is 2.30. The number of thioether (sulfide) groups is 1. The van der Waals surface area contributed by atoms with Gasteiger partial charge >= 0.3 is 6.18 Å². The maximum Gasteiger partial charge on any atom is 0.417 e. The zero-order valence-corrected chi connectivity index (χ0v) is 13.9. The Morgan fingerprint density at radius 2 is 1.96 bits per heavy atom. The van der Waals surface area contributed by atoms with Crippen molar-refractivity contribution in [3.05, 3.63) is 59.3 Å². The van der Waals surface area contributed by atoms with Crippen molar-refractivity contribution in [2.45, 2.75) is 24.5 Å². The smallest absolute Gasteiger partial charge is 0.355 e. The first-order valence-electron chi connectivity index (χ1n) is 7.33. The molecule has 0 fully saturated rings.